The number of piperidine rings is 1. The van der Waals surface area contributed by atoms with Gasteiger partial charge in [-0.3, -0.25) is 4.98 Å². The van der Waals surface area contributed by atoms with Crippen molar-refractivity contribution < 1.29 is 8.42 Å². The van der Waals surface area contributed by atoms with E-state index in [1.165, 1.54) is 16.4 Å². The maximum absolute atomic E-state index is 13.3. The van der Waals surface area contributed by atoms with Gasteiger partial charge in [0.25, 0.3) is 0 Å². The molecule has 0 bridgehead atoms. The summed E-state index contributed by atoms with van der Waals surface area (Å²) in [5.41, 5.74) is 3.69. The molecule has 4 heterocycles. The summed E-state index contributed by atoms with van der Waals surface area (Å²) in [7, 11) is -1.90. The van der Waals surface area contributed by atoms with Crippen molar-refractivity contribution in [2.75, 3.05) is 18.4 Å². The van der Waals surface area contributed by atoms with E-state index in [1.54, 1.807) is 16.9 Å². The molecule has 0 radical (unpaired) electrons. The number of aromatic nitrogens is 4. The fourth-order valence-corrected chi connectivity index (χ4v) is 7.38. The number of halogens is 3. The Bertz CT molecular complexity index is 1500. The summed E-state index contributed by atoms with van der Waals surface area (Å²) in [6.07, 6.45) is 6.57. The number of pyridine rings is 1. The summed E-state index contributed by atoms with van der Waals surface area (Å²) in [6.45, 7) is 1.24. The van der Waals surface area contributed by atoms with E-state index in [9.17, 15) is 8.42 Å². The largest absolute Gasteiger partial charge is 0.366 e. The second kappa shape index (κ2) is 10.2. The minimum absolute atomic E-state index is 0.0160. The van der Waals surface area contributed by atoms with E-state index in [2.05, 4.69) is 15.4 Å². The summed E-state index contributed by atoms with van der Waals surface area (Å²) in [4.78, 5) is 8.94. The second-order valence-electron chi connectivity index (χ2n) is 8.72. The van der Waals surface area contributed by atoms with Crippen LogP contribution in [0.1, 0.15) is 30.0 Å². The van der Waals surface area contributed by atoms with Crippen molar-refractivity contribution in [3.63, 3.8) is 0 Å². The zero-order valence-corrected chi connectivity index (χ0v) is 22.4. The molecule has 13 heteroatoms. The average Bonchev–Trinajstić information content (AvgIpc) is 3.23. The molecule has 1 aliphatic rings. The summed E-state index contributed by atoms with van der Waals surface area (Å²) < 4.78 is 29.8. The number of nitrogens with zero attached hydrogens (tertiary/aromatic N) is 5. The van der Waals surface area contributed by atoms with Crippen LogP contribution in [0.2, 0.25) is 15.1 Å². The highest BCUT2D eigenvalue weighted by Crippen LogP contribution is 2.37. The Morgan fingerprint density at radius 1 is 1.08 bits per heavy atom. The fourth-order valence-electron chi connectivity index (χ4n) is 4.42. The van der Waals surface area contributed by atoms with Crippen molar-refractivity contribution in [2.24, 2.45) is 0 Å². The van der Waals surface area contributed by atoms with Gasteiger partial charge in [-0.25, -0.2) is 13.4 Å². The monoisotopic (exact) mass is 562 g/mol. The van der Waals surface area contributed by atoms with Crippen molar-refractivity contribution in [2.45, 2.75) is 30.2 Å². The Labute approximate surface area is 225 Å². The van der Waals surface area contributed by atoms with E-state index in [4.69, 9.17) is 39.8 Å². The zero-order valence-electron chi connectivity index (χ0n) is 19.3. The molecular weight excluding hydrogens is 542 g/mol. The molecule has 186 valence electrons. The maximum atomic E-state index is 13.3. The van der Waals surface area contributed by atoms with Crippen LogP contribution in [-0.4, -0.2) is 53.2 Å². The lowest BCUT2D eigenvalue weighted by atomic mass is 9.94. The third kappa shape index (κ3) is 4.93. The van der Waals surface area contributed by atoms with Crippen LogP contribution in [0.3, 0.4) is 0 Å². The number of anilines is 1. The average molecular weight is 564 g/mol. The van der Waals surface area contributed by atoms with E-state index < -0.39 is 10.0 Å². The van der Waals surface area contributed by atoms with Gasteiger partial charge in [0.1, 0.15) is 18.6 Å². The number of sulfonamides is 1. The second-order valence-corrected chi connectivity index (χ2v) is 11.8. The number of nitrogens with one attached hydrogen (secondary N) is 1. The first-order valence-electron chi connectivity index (χ1n) is 11.4. The lowest BCUT2D eigenvalue weighted by molar-refractivity contribution is 0.317. The SMILES string of the molecule is Bc1cnn2c(NCc3cccnc3)cc(C3CCN(S(=O)(=O)c4c(Cl)cc(Cl)cc4Cl)CC3)nc12. The van der Waals surface area contributed by atoms with Crippen LogP contribution in [0.5, 0.6) is 0 Å². The Morgan fingerprint density at radius 2 is 1.81 bits per heavy atom. The van der Waals surface area contributed by atoms with Crippen LogP contribution < -0.4 is 10.8 Å². The van der Waals surface area contributed by atoms with Crippen LogP contribution in [0.25, 0.3) is 5.65 Å². The molecule has 0 atom stereocenters. The lowest BCUT2D eigenvalue weighted by Gasteiger charge is -2.31. The van der Waals surface area contributed by atoms with E-state index in [1.807, 2.05) is 32.2 Å². The van der Waals surface area contributed by atoms with Gasteiger partial charge in [-0.05, 0) is 42.1 Å². The Hall–Kier alpha value is -2.37. The van der Waals surface area contributed by atoms with Gasteiger partial charge in [-0.15, -0.1) is 0 Å². The third-order valence-electron chi connectivity index (χ3n) is 6.30. The number of hydrogen-bond acceptors (Lipinski definition) is 6. The van der Waals surface area contributed by atoms with Gasteiger partial charge in [0.2, 0.25) is 10.0 Å². The maximum Gasteiger partial charge on any atom is 0.246 e. The molecule has 0 amide bonds. The molecule has 4 aromatic rings. The van der Waals surface area contributed by atoms with E-state index in [0.717, 1.165) is 28.2 Å². The highest BCUT2D eigenvalue weighted by Gasteiger charge is 2.34. The summed E-state index contributed by atoms with van der Waals surface area (Å²) in [5.74, 6) is 0.910. The Morgan fingerprint density at radius 3 is 2.47 bits per heavy atom. The molecule has 0 saturated carbocycles. The number of rotatable bonds is 6. The predicted molar refractivity (Wildman–Crippen MR) is 145 cm³/mol. The minimum atomic E-state index is -3.87. The smallest absolute Gasteiger partial charge is 0.246 e. The van der Waals surface area contributed by atoms with Crippen molar-refractivity contribution in [1.29, 1.82) is 0 Å². The van der Waals surface area contributed by atoms with Gasteiger partial charge in [0.15, 0.2) is 5.65 Å². The molecule has 1 N–H and O–H groups in total. The van der Waals surface area contributed by atoms with Crippen molar-refractivity contribution in [3.05, 3.63) is 75.2 Å². The Kier molecular flexibility index (Phi) is 7.15. The normalized spacial score (nSPS) is 15.4. The Balaban J connectivity index is 1.37. The van der Waals surface area contributed by atoms with E-state index in [0.29, 0.717) is 32.5 Å². The molecule has 5 rings (SSSR count). The fraction of sp³-hybridized carbons (Fsp3) is 0.261. The van der Waals surface area contributed by atoms with Crippen molar-refractivity contribution in [3.8, 4) is 0 Å². The molecule has 0 unspecified atom stereocenters. The molecule has 3 aromatic heterocycles. The molecule has 1 aliphatic heterocycles. The highest BCUT2D eigenvalue weighted by molar-refractivity contribution is 7.89. The van der Waals surface area contributed by atoms with Crippen LogP contribution in [0, 0.1) is 0 Å². The molecule has 1 fully saturated rings. The van der Waals surface area contributed by atoms with Gasteiger partial charge < -0.3 is 5.32 Å². The van der Waals surface area contributed by atoms with Gasteiger partial charge in [-0.2, -0.15) is 13.9 Å². The molecule has 1 saturated heterocycles. The summed E-state index contributed by atoms with van der Waals surface area (Å²) in [6, 6.07) is 8.68. The number of benzene rings is 1. The van der Waals surface area contributed by atoms with Crippen molar-refractivity contribution >= 4 is 69.6 Å². The molecule has 8 nitrogen and oxygen atoms in total. The van der Waals surface area contributed by atoms with Crippen LogP contribution in [-0.2, 0) is 16.6 Å². The number of fused-ring (bicyclic) bond motifs is 1. The first-order valence-corrected chi connectivity index (χ1v) is 13.9. The first kappa shape index (κ1) is 25.3. The lowest BCUT2D eigenvalue weighted by Crippen LogP contribution is -2.38. The van der Waals surface area contributed by atoms with Crippen LogP contribution in [0.15, 0.2) is 53.8 Å². The van der Waals surface area contributed by atoms with Gasteiger partial charge in [0.05, 0.1) is 10.0 Å². The van der Waals surface area contributed by atoms with Crippen LogP contribution >= 0.6 is 34.8 Å². The zero-order chi connectivity index (χ0) is 25.4. The van der Waals surface area contributed by atoms with E-state index >= 15 is 0 Å². The standard InChI is InChI=1S/C23H22BCl3N6O2S/c24-17-13-30-33-21(29-12-14-2-1-5-28-11-14)10-20(31-23(17)33)15-3-6-32(7-4-15)36(34,35)22-18(26)8-16(25)9-19(22)27/h1-2,5,8-11,13,15,29H,3-4,6-7,12,24H2. The minimum Gasteiger partial charge on any atom is -0.366 e. The molecule has 1 aromatic carbocycles. The van der Waals surface area contributed by atoms with E-state index in [-0.39, 0.29) is 25.9 Å². The molecule has 36 heavy (non-hydrogen) atoms. The van der Waals surface area contributed by atoms with Gasteiger partial charge in [-0.1, -0.05) is 40.9 Å². The quantitative estimate of drug-likeness (QED) is 0.361. The molecular formula is C23H22BCl3N6O2S. The third-order valence-corrected chi connectivity index (χ3v) is 9.34. The number of hydrogen-bond donors (Lipinski definition) is 1. The highest BCUT2D eigenvalue weighted by atomic mass is 35.5. The summed E-state index contributed by atoms with van der Waals surface area (Å²) in [5, 5.41) is 8.23. The topological polar surface area (TPSA) is 92.5 Å². The van der Waals surface area contributed by atoms with Gasteiger partial charge in [0, 0.05) is 60.9 Å². The summed E-state index contributed by atoms with van der Waals surface area (Å²) >= 11 is 18.4. The molecule has 0 spiro atoms. The van der Waals surface area contributed by atoms with Crippen molar-refractivity contribution in [1.82, 2.24) is 23.9 Å². The first-order chi connectivity index (χ1) is 17.2. The molecule has 0 aliphatic carbocycles. The van der Waals surface area contributed by atoms with Gasteiger partial charge >= 0.3 is 0 Å². The predicted octanol–water partition coefficient (Wildman–Crippen LogP) is 3.52. The van der Waals surface area contributed by atoms with Crippen LogP contribution in [0.4, 0.5) is 5.82 Å².